The van der Waals surface area contributed by atoms with Crippen molar-refractivity contribution in [2.75, 3.05) is 26.4 Å². The van der Waals surface area contributed by atoms with E-state index in [1.165, 1.54) is 19.3 Å². The Kier molecular flexibility index (Phi) is 58.1. The first-order valence-corrected chi connectivity index (χ1v) is 4.60. The van der Waals surface area contributed by atoms with Gasteiger partial charge in [0.2, 0.25) is 0 Å². The largest absolute Gasteiger partial charge is 0.377 e. The fraction of sp³-hybridized carbons (Fsp3) is 0.308. The summed E-state index contributed by atoms with van der Waals surface area (Å²) >= 11 is 0. The summed E-state index contributed by atoms with van der Waals surface area (Å²) in [6.07, 6.45) is 4.50. The molecule has 1 heterocycles. The summed E-state index contributed by atoms with van der Waals surface area (Å²) in [4.78, 5) is 0. The predicted molar refractivity (Wildman–Crippen MR) is 66.7 cm³/mol. The van der Waals surface area contributed by atoms with Crippen LogP contribution in [0.2, 0.25) is 0 Å². The minimum atomic E-state index is 0. The zero-order valence-corrected chi connectivity index (χ0v) is 13.8. The molecule has 0 aromatic heterocycles. The summed E-state index contributed by atoms with van der Waals surface area (Å²) in [5.41, 5.74) is 0. The van der Waals surface area contributed by atoms with Gasteiger partial charge in [-0.1, -0.05) is 0 Å². The Morgan fingerprint density at radius 3 is 0.750 bits per heavy atom. The molecule has 1 fully saturated rings. The van der Waals surface area contributed by atoms with Gasteiger partial charge >= 0.3 is 0 Å². The molecular formula is C13H23LaO2. The minimum Gasteiger partial charge on any atom is -0.377 e. The second kappa shape index (κ2) is 36.0. The van der Waals surface area contributed by atoms with E-state index in [9.17, 15) is 0 Å². The van der Waals surface area contributed by atoms with Crippen LogP contribution in [0.4, 0.5) is 0 Å². The Hall–Kier alpha value is 1.11. The van der Waals surface area contributed by atoms with E-state index in [0.717, 1.165) is 26.4 Å². The first-order chi connectivity index (χ1) is 7.24. The fourth-order valence-corrected chi connectivity index (χ4v) is 0.440. The summed E-state index contributed by atoms with van der Waals surface area (Å²) in [6, 6.07) is 0. The van der Waals surface area contributed by atoms with E-state index < -0.39 is 0 Å². The normalized spacial score (nSPS) is 12.4. The van der Waals surface area contributed by atoms with Gasteiger partial charge in [-0.3, -0.25) is 0 Å². The zero-order chi connectivity index (χ0) is 12.4. The van der Waals surface area contributed by atoms with Crippen LogP contribution in [0.25, 0.3) is 0 Å². The standard InChI is InChI=1S/C4H8O2.3C3H5.La/c1-2-6-4-3-5-1;3*1-3-2;/h1-4H2;3*3H,1-2H2;. The topological polar surface area (TPSA) is 18.5 Å². The molecule has 0 aliphatic carbocycles. The molecule has 0 aromatic rings. The van der Waals surface area contributed by atoms with E-state index in [0.29, 0.717) is 0 Å². The summed E-state index contributed by atoms with van der Waals surface area (Å²) in [5, 5.41) is 0. The molecular weight excluding hydrogens is 327 g/mol. The average molecular weight is 350 g/mol. The fourth-order valence-electron chi connectivity index (χ4n) is 0.440. The molecule has 3 heteroatoms. The van der Waals surface area contributed by atoms with Gasteiger partial charge < -0.3 is 9.47 Å². The van der Waals surface area contributed by atoms with Crippen molar-refractivity contribution in [3.63, 3.8) is 0 Å². The SMILES string of the molecule is C1COCCO1.[CH2][CH][CH2].[CH2][CH][CH2].[CH2][CH][CH2].[La]. The van der Waals surface area contributed by atoms with Crippen molar-refractivity contribution >= 4 is 0 Å². The van der Waals surface area contributed by atoms with Crippen LogP contribution in [0.1, 0.15) is 0 Å². The molecule has 16 heavy (non-hydrogen) atoms. The molecule has 1 rings (SSSR count). The van der Waals surface area contributed by atoms with Crippen LogP contribution in [0, 0.1) is 96.4 Å². The van der Waals surface area contributed by atoms with Gasteiger partial charge in [0, 0.05) is 35.6 Å². The van der Waals surface area contributed by atoms with Gasteiger partial charge in [-0.2, -0.15) is 0 Å². The Labute approximate surface area is 131 Å². The molecule has 0 atom stereocenters. The van der Waals surface area contributed by atoms with Crippen LogP contribution in [0.15, 0.2) is 0 Å². The molecule has 1 aliphatic heterocycles. The van der Waals surface area contributed by atoms with Gasteiger partial charge in [0.25, 0.3) is 0 Å². The minimum absolute atomic E-state index is 0. The molecule has 0 unspecified atom stereocenters. The summed E-state index contributed by atoms with van der Waals surface area (Å²) in [5.74, 6) is 0. The molecule has 0 spiro atoms. The third-order valence-electron chi connectivity index (χ3n) is 0.744. The number of ether oxygens (including phenoxy) is 2. The third-order valence-corrected chi connectivity index (χ3v) is 0.744. The van der Waals surface area contributed by atoms with E-state index in [2.05, 4.69) is 41.5 Å². The van der Waals surface area contributed by atoms with E-state index in [4.69, 9.17) is 9.47 Å². The van der Waals surface area contributed by atoms with Crippen LogP contribution >= 0.6 is 0 Å². The second-order valence-electron chi connectivity index (χ2n) is 2.09. The monoisotopic (exact) mass is 350 g/mol. The molecule has 0 aromatic carbocycles. The van der Waals surface area contributed by atoms with Crippen molar-refractivity contribution in [3.05, 3.63) is 60.8 Å². The number of hydrogen-bond donors (Lipinski definition) is 0. The van der Waals surface area contributed by atoms with Crippen molar-refractivity contribution in [2.24, 2.45) is 0 Å². The second-order valence-corrected chi connectivity index (χ2v) is 2.09. The molecule has 2 nitrogen and oxygen atoms in total. The van der Waals surface area contributed by atoms with Gasteiger partial charge in [0.05, 0.1) is 26.4 Å². The van der Waals surface area contributed by atoms with Crippen LogP contribution in [0.3, 0.4) is 0 Å². The Balaban J connectivity index is -0.0000000637. The molecule has 0 amide bonds. The van der Waals surface area contributed by atoms with Crippen molar-refractivity contribution in [2.45, 2.75) is 0 Å². The maximum Gasteiger partial charge on any atom is 0.0701 e. The molecule has 1 aliphatic rings. The first kappa shape index (κ1) is 25.8. The predicted octanol–water partition coefficient (Wildman–Crippen LogP) is 2.61. The van der Waals surface area contributed by atoms with Gasteiger partial charge in [-0.05, 0) is 60.8 Å². The van der Waals surface area contributed by atoms with E-state index in [1.807, 2.05) is 0 Å². The van der Waals surface area contributed by atoms with Crippen LogP contribution in [0.5, 0.6) is 0 Å². The molecule has 90 valence electrons. The molecule has 0 N–H and O–H groups in total. The van der Waals surface area contributed by atoms with E-state index in [-0.39, 0.29) is 35.6 Å². The van der Waals surface area contributed by atoms with Crippen LogP contribution in [-0.2, 0) is 9.47 Å². The van der Waals surface area contributed by atoms with Gasteiger partial charge in [-0.25, -0.2) is 0 Å². The maximum atomic E-state index is 4.94. The van der Waals surface area contributed by atoms with Crippen LogP contribution in [-0.4, -0.2) is 26.4 Å². The quantitative estimate of drug-likeness (QED) is 0.669. The van der Waals surface area contributed by atoms with E-state index in [1.54, 1.807) is 0 Å². The first-order valence-electron chi connectivity index (χ1n) is 4.60. The summed E-state index contributed by atoms with van der Waals surface area (Å²) in [6.45, 7) is 22.6. The van der Waals surface area contributed by atoms with Crippen molar-refractivity contribution < 1.29 is 45.1 Å². The average Bonchev–Trinajstić information content (AvgIpc) is 2.24. The Bertz CT molecular complexity index is 50.7. The number of hydrogen-bond acceptors (Lipinski definition) is 2. The third kappa shape index (κ3) is 59.5. The molecule has 10 radical (unpaired) electrons. The Morgan fingerprint density at radius 2 is 0.688 bits per heavy atom. The molecule has 0 saturated carbocycles. The zero-order valence-electron chi connectivity index (χ0n) is 10.2. The van der Waals surface area contributed by atoms with Crippen molar-refractivity contribution in [1.82, 2.24) is 0 Å². The van der Waals surface area contributed by atoms with Gasteiger partial charge in [0.15, 0.2) is 0 Å². The molecule has 1 saturated heterocycles. The summed E-state index contributed by atoms with van der Waals surface area (Å²) < 4.78 is 9.89. The van der Waals surface area contributed by atoms with Crippen molar-refractivity contribution in [1.29, 1.82) is 0 Å². The summed E-state index contributed by atoms with van der Waals surface area (Å²) in [7, 11) is 0. The van der Waals surface area contributed by atoms with Gasteiger partial charge in [0.1, 0.15) is 0 Å². The maximum absolute atomic E-state index is 4.94. The van der Waals surface area contributed by atoms with Crippen molar-refractivity contribution in [3.8, 4) is 0 Å². The van der Waals surface area contributed by atoms with Gasteiger partial charge in [-0.15, -0.1) is 0 Å². The smallest absolute Gasteiger partial charge is 0.0701 e. The molecule has 0 bridgehead atoms. The van der Waals surface area contributed by atoms with Crippen LogP contribution < -0.4 is 0 Å². The number of rotatable bonds is 0. The van der Waals surface area contributed by atoms with E-state index >= 15 is 0 Å². The Morgan fingerprint density at radius 1 is 0.562 bits per heavy atom.